The van der Waals surface area contributed by atoms with Crippen molar-refractivity contribution in [1.29, 1.82) is 0 Å². The van der Waals surface area contributed by atoms with E-state index in [9.17, 15) is 24.5 Å². The number of ether oxygens (including phenoxy) is 1. The van der Waals surface area contributed by atoms with E-state index in [1.165, 1.54) is 24.3 Å². The monoisotopic (exact) mass is 556 g/mol. The summed E-state index contributed by atoms with van der Waals surface area (Å²) in [6.45, 7) is 0.663. The summed E-state index contributed by atoms with van der Waals surface area (Å²) >= 11 is 0. The molecule has 0 aromatic heterocycles. The van der Waals surface area contributed by atoms with E-state index in [0.29, 0.717) is 31.5 Å². The number of carbonyl (C=O) groups excluding carboxylic acids is 3. The topological polar surface area (TPSA) is 230 Å². The third-order valence-corrected chi connectivity index (χ3v) is 5.69. The van der Waals surface area contributed by atoms with Crippen molar-refractivity contribution in [2.45, 2.75) is 50.8 Å². The Morgan fingerprint density at radius 2 is 1.55 bits per heavy atom. The minimum atomic E-state index is -1.02. The molecule has 2 aromatic rings. The van der Waals surface area contributed by atoms with E-state index >= 15 is 0 Å². The van der Waals surface area contributed by atoms with Gasteiger partial charge in [-0.25, -0.2) is 4.79 Å². The Labute approximate surface area is 231 Å². The second-order valence-corrected chi connectivity index (χ2v) is 8.85. The smallest absolute Gasteiger partial charge is 0.408 e. The Bertz CT molecular complexity index is 1140. The van der Waals surface area contributed by atoms with Crippen LogP contribution in [0.3, 0.4) is 0 Å². The quantitative estimate of drug-likeness (QED) is 0.0577. The molecule has 0 saturated heterocycles. The molecule has 2 atom stereocenters. The number of rotatable bonds is 16. The Morgan fingerprint density at radius 3 is 2.17 bits per heavy atom. The minimum Gasteiger partial charge on any atom is -0.445 e. The van der Waals surface area contributed by atoms with Crippen molar-refractivity contribution in [3.63, 3.8) is 0 Å². The number of non-ortho nitro benzene ring substituents is 1. The van der Waals surface area contributed by atoms with Crippen molar-refractivity contribution in [1.82, 2.24) is 10.6 Å². The van der Waals surface area contributed by atoms with Crippen LogP contribution < -0.4 is 33.2 Å². The maximum absolute atomic E-state index is 13.2. The molecule has 0 aliphatic carbocycles. The van der Waals surface area contributed by atoms with Gasteiger partial charge in [-0.15, -0.1) is 0 Å². The number of nitro benzene ring substituents is 1. The highest BCUT2D eigenvalue weighted by Crippen LogP contribution is 2.16. The zero-order chi connectivity index (χ0) is 29.3. The van der Waals surface area contributed by atoms with E-state index in [-0.39, 0.29) is 37.6 Å². The summed E-state index contributed by atoms with van der Waals surface area (Å²) in [5, 5.41) is 18.8. The highest BCUT2D eigenvalue weighted by atomic mass is 16.6. The van der Waals surface area contributed by atoms with Crippen molar-refractivity contribution in [2.24, 2.45) is 22.2 Å². The van der Waals surface area contributed by atoms with Crippen LogP contribution in [-0.2, 0) is 20.9 Å². The fourth-order valence-electron chi connectivity index (χ4n) is 3.61. The number of hydrogen-bond acceptors (Lipinski definition) is 8. The first-order chi connectivity index (χ1) is 19.2. The van der Waals surface area contributed by atoms with Gasteiger partial charge in [0.15, 0.2) is 5.96 Å². The third kappa shape index (κ3) is 11.8. The second-order valence-electron chi connectivity index (χ2n) is 8.85. The number of amides is 3. The summed E-state index contributed by atoms with van der Waals surface area (Å²) in [4.78, 5) is 53.0. The number of nitro groups is 1. The number of hydrogen-bond donors (Lipinski definition) is 6. The normalized spacial score (nSPS) is 11.9. The van der Waals surface area contributed by atoms with E-state index in [0.717, 1.165) is 5.56 Å². The molecule has 3 amide bonds. The number of guanidine groups is 1. The molecule has 2 aromatic carbocycles. The van der Waals surface area contributed by atoms with Gasteiger partial charge in [0.2, 0.25) is 11.8 Å². The molecule has 40 heavy (non-hydrogen) atoms. The van der Waals surface area contributed by atoms with Gasteiger partial charge in [0.05, 0.1) is 4.92 Å². The van der Waals surface area contributed by atoms with Crippen LogP contribution in [0.5, 0.6) is 0 Å². The Kier molecular flexibility index (Phi) is 13.4. The summed E-state index contributed by atoms with van der Waals surface area (Å²) < 4.78 is 5.25. The Balaban J connectivity index is 2.10. The highest BCUT2D eigenvalue weighted by Gasteiger charge is 2.27. The lowest BCUT2D eigenvalue weighted by Crippen LogP contribution is -2.52. The number of benzene rings is 2. The number of carbonyl (C=O) groups is 3. The van der Waals surface area contributed by atoms with Crippen LogP contribution >= 0.6 is 0 Å². The molecule has 14 heteroatoms. The maximum atomic E-state index is 13.2. The first-order valence-electron chi connectivity index (χ1n) is 12.8. The predicted molar refractivity (Wildman–Crippen MR) is 150 cm³/mol. The molecule has 0 bridgehead atoms. The lowest BCUT2D eigenvalue weighted by atomic mass is 10.1. The molecule has 14 nitrogen and oxygen atoms in total. The van der Waals surface area contributed by atoms with E-state index in [1.54, 1.807) is 12.1 Å². The van der Waals surface area contributed by atoms with Crippen molar-refractivity contribution >= 4 is 35.2 Å². The van der Waals surface area contributed by atoms with Crippen LogP contribution in [0.2, 0.25) is 0 Å². The van der Waals surface area contributed by atoms with Crippen LogP contribution in [0.4, 0.5) is 16.2 Å². The number of nitrogens with zero attached hydrogens (tertiary/aromatic N) is 2. The Morgan fingerprint density at radius 1 is 0.900 bits per heavy atom. The molecule has 216 valence electrons. The number of aliphatic imine (C=N–C) groups is 1. The molecule has 0 spiro atoms. The number of alkyl carbamates (subject to hydrolysis) is 1. The van der Waals surface area contributed by atoms with Crippen LogP contribution in [0.1, 0.15) is 37.7 Å². The van der Waals surface area contributed by atoms with Crippen molar-refractivity contribution in [2.75, 3.05) is 18.4 Å². The third-order valence-electron chi connectivity index (χ3n) is 5.69. The zero-order valence-corrected chi connectivity index (χ0v) is 22.1. The van der Waals surface area contributed by atoms with Gasteiger partial charge in [-0.1, -0.05) is 30.3 Å². The number of unbranched alkanes of at least 4 members (excludes halogenated alkanes) is 1. The lowest BCUT2D eigenvalue weighted by Gasteiger charge is -2.23. The molecule has 0 fully saturated rings. The van der Waals surface area contributed by atoms with Crippen LogP contribution in [-0.4, -0.2) is 54.0 Å². The van der Waals surface area contributed by atoms with E-state index < -0.39 is 34.9 Å². The van der Waals surface area contributed by atoms with Crippen LogP contribution in [0.15, 0.2) is 59.6 Å². The highest BCUT2D eigenvalue weighted by molar-refractivity contribution is 5.98. The van der Waals surface area contributed by atoms with E-state index in [2.05, 4.69) is 20.9 Å². The lowest BCUT2D eigenvalue weighted by molar-refractivity contribution is -0.384. The van der Waals surface area contributed by atoms with Gasteiger partial charge in [0, 0.05) is 24.4 Å². The summed E-state index contributed by atoms with van der Waals surface area (Å²) in [7, 11) is 0. The molecule has 2 rings (SSSR count). The average molecular weight is 557 g/mol. The van der Waals surface area contributed by atoms with Gasteiger partial charge in [0.25, 0.3) is 5.69 Å². The Hall–Kier alpha value is -4.72. The second kappa shape index (κ2) is 17.0. The predicted octanol–water partition coefficient (Wildman–Crippen LogP) is 1.50. The fourth-order valence-corrected chi connectivity index (χ4v) is 3.61. The first kappa shape index (κ1) is 31.5. The maximum Gasteiger partial charge on any atom is 0.408 e. The fraction of sp³-hybridized carbons (Fsp3) is 0.385. The molecule has 0 heterocycles. The molecule has 0 aliphatic rings. The number of nitrogens with two attached hydrogens (primary N) is 3. The minimum absolute atomic E-state index is 0.0227. The molecule has 0 radical (unpaired) electrons. The molecular formula is C26H36N8O6. The number of nitrogens with one attached hydrogen (secondary N) is 3. The zero-order valence-electron chi connectivity index (χ0n) is 22.1. The van der Waals surface area contributed by atoms with Gasteiger partial charge >= 0.3 is 6.09 Å². The van der Waals surface area contributed by atoms with Gasteiger partial charge in [-0.3, -0.25) is 24.7 Å². The molecular weight excluding hydrogens is 520 g/mol. The molecule has 9 N–H and O–H groups in total. The summed E-state index contributed by atoms with van der Waals surface area (Å²) in [5.41, 5.74) is 17.3. The van der Waals surface area contributed by atoms with Crippen molar-refractivity contribution in [3.05, 3.63) is 70.3 Å². The first-order valence-corrected chi connectivity index (χ1v) is 12.8. The van der Waals surface area contributed by atoms with Crippen LogP contribution in [0.25, 0.3) is 0 Å². The van der Waals surface area contributed by atoms with Gasteiger partial charge in [-0.2, -0.15) is 0 Å². The largest absolute Gasteiger partial charge is 0.445 e. The number of anilines is 1. The summed E-state index contributed by atoms with van der Waals surface area (Å²) in [5.74, 6) is -1.24. The molecule has 0 aliphatic heterocycles. The van der Waals surface area contributed by atoms with E-state index in [1.807, 2.05) is 18.2 Å². The van der Waals surface area contributed by atoms with Crippen molar-refractivity contribution in [3.8, 4) is 0 Å². The van der Waals surface area contributed by atoms with Gasteiger partial charge in [-0.05, 0) is 56.3 Å². The summed E-state index contributed by atoms with van der Waals surface area (Å²) in [6, 6.07) is 12.3. The molecule has 0 unspecified atom stereocenters. The summed E-state index contributed by atoms with van der Waals surface area (Å²) in [6.07, 6.45) is 1.21. The van der Waals surface area contributed by atoms with Gasteiger partial charge < -0.3 is 37.9 Å². The van der Waals surface area contributed by atoms with E-state index in [4.69, 9.17) is 21.9 Å². The van der Waals surface area contributed by atoms with Gasteiger partial charge in [0.1, 0.15) is 18.7 Å². The van der Waals surface area contributed by atoms with Crippen LogP contribution in [0, 0.1) is 10.1 Å². The average Bonchev–Trinajstić information content (AvgIpc) is 2.93. The van der Waals surface area contributed by atoms with Crippen molar-refractivity contribution < 1.29 is 24.0 Å². The molecule has 0 saturated carbocycles. The SMILES string of the molecule is NCCCC[C@H](NC(=O)OCc1ccccc1)C(=O)N[C@@H](CCCN=C(N)N)C(=O)Nc1ccc([N+](=O)[O-])cc1. The standard InChI is InChI=1S/C26H36N8O6/c27-15-5-4-9-22(33-26(37)40-17-18-7-2-1-3-8-18)24(36)32-21(10-6-16-30-25(28)29)23(35)31-19-11-13-20(14-12-19)34(38)39/h1-3,7-8,11-14,21-22H,4-6,9-10,15-17,27H2,(H,31,35)(H,32,36)(H,33,37)(H4,28,29,30)/t21-,22-/m0/s1.